The van der Waals surface area contributed by atoms with Gasteiger partial charge in [-0.05, 0) is 12.8 Å². The first-order valence-corrected chi connectivity index (χ1v) is 7.51. The van der Waals surface area contributed by atoms with Crippen molar-refractivity contribution in [3.8, 4) is 0 Å². The Hall–Kier alpha value is -0.490. The lowest BCUT2D eigenvalue weighted by Crippen LogP contribution is -2.22. The molecule has 0 saturated carbocycles. The molecular formula is C11H20F2O3S. The molecule has 102 valence electrons. The Labute approximate surface area is 102 Å². The van der Waals surface area contributed by atoms with Crippen LogP contribution >= 0.6 is 0 Å². The molecule has 0 N–H and O–H groups in total. The second-order valence-electron chi connectivity index (χ2n) is 3.88. The molecular weight excluding hydrogens is 250 g/mol. The Morgan fingerprint density at radius 1 is 1.24 bits per heavy atom. The van der Waals surface area contributed by atoms with E-state index < -0.39 is 22.6 Å². The van der Waals surface area contributed by atoms with Crippen LogP contribution in [-0.2, 0) is 14.3 Å². The number of allylic oxidation sites excluding steroid dienone is 1. The monoisotopic (exact) mass is 270 g/mol. The zero-order valence-corrected chi connectivity index (χ0v) is 11.1. The van der Waals surface area contributed by atoms with E-state index in [0.717, 1.165) is 38.0 Å². The Morgan fingerprint density at radius 2 is 1.88 bits per heavy atom. The molecule has 0 aromatic rings. The summed E-state index contributed by atoms with van der Waals surface area (Å²) in [5.41, 5.74) is 0. The van der Waals surface area contributed by atoms with Crippen molar-refractivity contribution >= 4 is 10.1 Å². The topological polar surface area (TPSA) is 43.4 Å². The van der Waals surface area contributed by atoms with E-state index in [4.69, 9.17) is 0 Å². The molecule has 0 radical (unpaired) electrons. The molecule has 3 nitrogen and oxygen atoms in total. The molecule has 17 heavy (non-hydrogen) atoms. The highest BCUT2D eigenvalue weighted by Crippen LogP contribution is 2.11. The molecule has 0 saturated heterocycles. The van der Waals surface area contributed by atoms with Crippen LogP contribution in [0.5, 0.6) is 0 Å². The molecule has 0 heterocycles. The fourth-order valence-corrected chi connectivity index (χ4v) is 1.83. The second kappa shape index (κ2) is 8.58. The van der Waals surface area contributed by atoms with Crippen molar-refractivity contribution < 1.29 is 21.4 Å². The standard InChI is InChI=1S/C11H20F2O3S/c1-3-4-5-6-7-8-9-10(11(12)13)16-17(2,14)15/h8-11H,3-7H2,1-2H3/b9-8+/t10-/m0/s1. The highest BCUT2D eigenvalue weighted by atomic mass is 32.2. The lowest BCUT2D eigenvalue weighted by Gasteiger charge is -2.10. The summed E-state index contributed by atoms with van der Waals surface area (Å²) in [6, 6.07) is 0. The summed E-state index contributed by atoms with van der Waals surface area (Å²) in [6.07, 6.45) is 3.79. The minimum Gasteiger partial charge on any atom is -0.257 e. The fraction of sp³-hybridized carbons (Fsp3) is 0.818. The van der Waals surface area contributed by atoms with E-state index in [2.05, 4.69) is 11.1 Å². The Kier molecular flexibility index (Phi) is 8.33. The average Bonchev–Trinajstić information content (AvgIpc) is 2.19. The lowest BCUT2D eigenvalue weighted by molar-refractivity contribution is 0.0426. The Balaban J connectivity index is 4.04. The number of halogens is 2. The van der Waals surface area contributed by atoms with E-state index in [0.29, 0.717) is 6.42 Å². The predicted molar refractivity (Wildman–Crippen MR) is 63.6 cm³/mol. The zero-order chi connectivity index (χ0) is 13.3. The molecule has 0 fully saturated rings. The number of hydrogen-bond donors (Lipinski definition) is 0. The molecule has 0 aromatic carbocycles. The van der Waals surface area contributed by atoms with Gasteiger partial charge in [0.1, 0.15) is 0 Å². The molecule has 0 rings (SSSR count). The van der Waals surface area contributed by atoms with E-state index in [-0.39, 0.29) is 0 Å². The maximum Gasteiger partial charge on any atom is 0.269 e. The van der Waals surface area contributed by atoms with Gasteiger partial charge in [-0.3, -0.25) is 4.18 Å². The lowest BCUT2D eigenvalue weighted by atomic mass is 10.1. The van der Waals surface area contributed by atoms with Crippen LogP contribution in [-0.4, -0.2) is 27.2 Å². The van der Waals surface area contributed by atoms with Crippen molar-refractivity contribution in [3.05, 3.63) is 12.2 Å². The summed E-state index contributed by atoms with van der Waals surface area (Å²) >= 11 is 0. The van der Waals surface area contributed by atoms with Crippen molar-refractivity contribution in [2.75, 3.05) is 6.26 Å². The van der Waals surface area contributed by atoms with Gasteiger partial charge in [0.2, 0.25) is 0 Å². The molecule has 0 aliphatic heterocycles. The molecule has 0 amide bonds. The van der Waals surface area contributed by atoms with Crippen molar-refractivity contribution in [1.29, 1.82) is 0 Å². The summed E-state index contributed by atoms with van der Waals surface area (Å²) < 4.78 is 50.6. The first kappa shape index (κ1) is 16.5. The molecule has 1 atom stereocenters. The van der Waals surface area contributed by atoms with Gasteiger partial charge in [0.15, 0.2) is 6.10 Å². The summed E-state index contributed by atoms with van der Waals surface area (Å²) in [5.74, 6) is 0. The summed E-state index contributed by atoms with van der Waals surface area (Å²) in [4.78, 5) is 0. The van der Waals surface area contributed by atoms with Gasteiger partial charge in [-0.2, -0.15) is 8.42 Å². The molecule has 0 spiro atoms. The van der Waals surface area contributed by atoms with Crippen LogP contribution in [0.15, 0.2) is 12.2 Å². The molecule has 0 aliphatic carbocycles. The van der Waals surface area contributed by atoms with Gasteiger partial charge >= 0.3 is 0 Å². The number of rotatable bonds is 9. The van der Waals surface area contributed by atoms with Gasteiger partial charge in [-0.15, -0.1) is 0 Å². The quantitative estimate of drug-likeness (QED) is 0.367. The molecule has 6 heteroatoms. The fourth-order valence-electron chi connectivity index (χ4n) is 1.28. The minimum atomic E-state index is -3.85. The van der Waals surface area contributed by atoms with E-state index in [1.54, 1.807) is 6.08 Å². The minimum absolute atomic E-state index is 0.663. The van der Waals surface area contributed by atoms with Gasteiger partial charge < -0.3 is 0 Å². The van der Waals surface area contributed by atoms with Gasteiger partial charge in [0.05, 0.1) is 6.26 Å². The highest BCUT2D eigenvalue weighted by molar-refractivity contribution is 7.86. The van der Waals surface area contributed by atoms with Crippen molar-refractivity contribution in [1.82, 2.24) is 0 Å². The zero-order valence-electron chi connectivity index (χ0n) is 10.2. The summed E-state index contributed by atoms with van der Waals surface area (Å²) in [7, 11) is -3.85. The van der Waals surface area contributed by atoms with E-state index in [1.807, 2.05) is 0 Å². The van der Waals surface area contributed by atoms with Crippen LogP contribution in [0.4, 0.5) is 8.78 Å². The largest absolute Gasteiger partial charge is 0.269 e. The average molecular weight is 270 g/mol. The van der Waals surface area contributed by atoms with Crippen LogP contribution in [0.2, 0.25) is 0 Å². The SMILES string of the molecule is CCCCCC/C=C/[C@H](OS(C)(=O)=O)C(F)F. The second-order valence-corrected chi connectivity index (χ2v) is 5.48. The maximum atomic E-state index is 12.4. The highest BCUT2D eigenvalue weighted by Gasteiger charge is 2.22. The first-order valence-electron chi connectivity index (χ1n) is 5.70. The smallest absolute Gasteiger partial charge is 0.257 e. The van der Waals surface area contributed by atoms with Crippen LogP contribution in [0.1, 0.15) is 39.0 Å². The van der Waals surface area contributed by atoms with Gasteiger partial charge in [0.25, 0.3) is 16.5 Å². The normalized spacial score (nSPS) is 14.6. The number of hydrogen-bond acceptors (Lipinski definition) is 3. The van der Waals surface area contributed by atoms with E-state index in [1.165, 1.54) is 0 Å². The summed E-state index contributed by atoms with van der Waals surface area (Å²) in [5, 5.41) is 0. The third kappa shape index (κ3) is 10.4. The van der Waals surface area contributed by atoms with Crippen LogP contribution in [0.25, 0.3) is 0 Å². The molecule has 0 bridgehead atoms. The first-order chi connectivity index (χ1) is 7.87. The third-order valence-electron chi connectivity index (χ3n) is 2.08. The predicted octanol–water partition coefficient (Wildman–Crippen LogP) is 3.12. The Morgan fingerprint density at radius 3 is 2.35 bits per heavy atom. The number of alkyl halides is 2. The van der Waals surface area contributed by atoms with Crippen LogP contribution in [0.3, 0.4) is 0 Å². The van der Waals surface area contributed by atoms with Gasteiger partial charge in [-0.1, -0.05) is 38.3 Å². The molecule has 0 aromatic heterocycles. The van der Waals surface area contributed by atoms with Crippen molar-refractivity contribution in [3.63, 3.8) is 0 Å². The van der Waals surface area contributed by atoms with E-state index in [9.17, 15) is 17.2 Å². The van der Waals surface area contributed by atoms with Crippen LogP contribution in [0, 0.1) is 0 Å². The molecule has 0 aliphatic rings. The van der Waals surface area contributed by atoms with Crippen molar-refractivity contribution in [2.45, 2.75) is 51.6 Å². The van der Waals surface area contributed by atoms with E-state index >= 15 is 0 Å². The maximum absolute atomic E-state index is 12.4. The Bertz CT molecular complexity index is 313. The van der Waals surface area contributed by atoms with Crippen molar-refractivity contribution in [2.24, 2.45) is 0 Å². The third-order valence-corrected chi connectivity index (χ3v) is 2.66. The number of unbranched alkanes of at least 4 members (excludes halogenated alkanes) is 4. The molecule has 0 unspecified atom stereocenters. The van der Waals surface area contributed by atoms with Crippen LogP contribution < -0.4 is 0 Å². The summed E-state index contributed by atoms with van der Waals surface area (Å²) in [6.45, 7) is 2.09. The van der Waals surface area contributed by atoms with Gasteiger partial charge in [0, 0.05) is 0 Å². The van der Waals surface area contributed by atoms with Gasteiger partial charge in [-0.25, -0.2) is 8.78 Å².